The number of hydrogen-bond donors (Lipinski definition) is 1. The average molecular weight is 333 g/mol. The molecule has 0 atom stereocenters. The monoisotopic (exact) mass is 333 g/mol. The molecule has 0 amide bonds. The summed E-state index contributed by atoms with van der Waals surface area (Å²) < 4.78 is 5.68. The van der Waals surface area contributed by atoms with Gasteiger partial charge in [0.25, 0.3) is 0 Å². The second-order valence-corrected chi connectivity index (χ2v) is 7.10. The molecule has 6 heteroatoms. The van der Waals surface area contributed by atoms with Gasteiger partial charge in [-0.3, -0.25) is 0 Å². The Kier molecular flexibility index (Phi) is 5.60. The average Bonchev–Trinajstić information content (AvgIpc) is 2.90. The number of aromatic nitrogens is 1. The summed E-state index contributed by atoms with van der Waals surface area (Å²) in [5.74, 6) is -0.291. The minimum absolute atomic E-state index is 0.133. The lowest BCUT2D eigenvalue weighted by atomic mass is 9.87. The maximum absolute atomic E-state index is 10.5. The van der Waals surface area contributed by atoms with Crippen molar-refractivity contribution in [3.05, 3.63) is 40.9 Å². The Morgan fingerprint density at radius 1 is 1.30 bits per heavy atom. The highest BCUT2D eigenvalue weighted by molar-refractivity contribution is 7.13. The first-order valence-electron chi connectivity index (χ1n) is 7.46. The Morgan fingerprint density at radius 2 is 2.00 bits per heavy atom. The molecule has 1 N–H and O–H groups in total. The predicted octanol–water partition coefficient (Wildman–Crippen LogP) is 2.22. The number of anilines is 1. The van der Waals surface area contributed by atoms with Gasteiger partial charge in [0.1, 0.15) is 12.4 Å². The molecule has 1 heterocycles. The van der Waals surface area contributed by atoms with Crippen LogP contribution in [0.2, 0.25) is 0 Å². The maximum atomic E-state index is 10.5. The first-order valence-corrected chi connectivity index (χ1v) is 8.34. The van der Waals surface area contributed by atoms with Crippen LogP contribution in [0.15, 0.2) is 29.6 Å². The molecule has 2 aromatic rings. The number of carbonyl (C=O) groups is 1. The van der Waals surface area contributed by atoms with E-state index in [9.17, 15) is 9.90 Å². The van der Waals surface area contributed by atoms with Crippen molar-refractivity contribution in [1.29, 1.82) is 0 Å². The van der Waals surface area contributed by atoms with Crippen LogP contribution in [-0.4, -0.2) is 24.1 Å². The van der Waals surface area contributed by atoms with Crippen molar-refractivity contribution in [3.63, 3.8) is 0 Å². The molecule has 0 spiro atoms. The third-order valence-corrected chi connectivity index (χ3v) is 4.09. The molecule has 0 bridgehead atoms. The number of carbonyl (C=O) groups excluding carboxylic acids is 1. The smallest absolute Gasteiger partial charge is 0.182 e. The van der Waals surface area contributed by atoms with E-state index >= 15 is 0 Å². The van der Waals surface area contributed by atoms with E-state index in [0.717, 1.165) is 5.75 Å². The Bertz CT molecular complexity index is 645. The normalized spacial score (nSPS) is 11.3. The van der Waals surface area contributed by atoms with Gasteiger partial charge in [-0.1, -0.05) is 32.9 Å². The van der Waals surface area contributed by atoms with Gasteiger partial charge >= 0.3 is 0 Å². The number of ether oxygens (including phenoxy) is 1. The summed E-state index contributed by atoms with van der Waals surface area (Å²) in [4.78, 5) is 14.7. The summed E-state index contributed by atoms with van der Waals surface area (Å²) in [6.07, 6.45) is -0.158. The van der Waals surface area contributed by atoms with Crippen LogP contribution in [0.4, 0.5) is 5.13 Å². The molecule has 2 rings (SSSR count). The van der Waals surface area contributed by atoms with Gasteiger partial charge in [-0.15, -0.1) is 11.3 Å². The Morgan fingerprint density at radius 3 is 2.61 bits per heavy atom. The van der Waals surface area contributed by atoms with Gasteiger partial charge < -0.3 is 20.0 Å². The fourth-order valence-corrected chi connectivity index (χ4v) is 2.73. The molecule has 0 saturated heterocycles. The van der Waals surface area contributed by atoms with Gasteiger partial charge in [-0.05, 0) is 23.1 Å². The summed E-state index contributed by atoms with van der Waals surface area (Å²) >= 11 is 1.37. The lowest BCUT2D eigenvalue weighted by Crippen LogP contribution is -2.24. The molecule has 0 saturated carbocycles. The van der Waals surface area contributed by atoms with Crippen LogP contribution in [0.25, 0.3) is 0 Å². The van der Waals surface area contributed by atoms with Crippen LogP contribution in [-0.2, 0) is 16.6 Å². The van der Waals surface area contributed by atoms with Crippen LogP contribution < -0.4 is 15.2 Å². The summed E-state index contributed by atoms with van der Waals surface area (Å²) in [6, 6.07) is 8.11. The fourth-order valence-electron chi connectivity index (χ4n) is 2.00. The van der Waals surface area contributed by atoms with E-state index in [1.165, 1.54) is 16.9 Å². The van der Waals surface area contributed by atoms with Crippen LogP contribution >= 0.6 is 11.3 Å². The molecule has 124 valence electrons. The first kappa shape index (κ1) is 17.3. The van der Waals surface area contributed by atoms with Crippen molar-refractivity contribution in [1.82, 2.24) is 4.98 Å². The van der Waals surface area contributed by atoms with Gasteiger partial charge in [-0.2, -0.15) is 0 Å². The summed E-state index contributed by atoms with van der Waals surface area (Å²) in [5, 5.41) is 16.0. The molecular weight excluding hydrogens is 312 g/mol. The molecule has 1 aromatic heterocycles. The summed E-state index contributed by atoms with van der Waals surface area (Å²) in [6.45, 7) is 7.63. The van der Waals surface area contributed by atoms with Crippen molar-refractivity contribution in [2.75, 3.05) is 18.5 Å². The number of carboxylic acids is 1. The highest BCUT2D eigenvalue weighted by atomic mass is 32.1. The van der Waals surface area contributed by atoms with E-state index in [4.69, 9.17) is 4.74 Å². The van der Waals surface area contributed by atoms with Crippen LogP contribution in [0.5, 0.6) is 5.75 Å². The molecule has 0 radical (unpaired) electrons. The maximum Gasteiger partial charge on any atom is 0.182 e. The molecule has 1 aromatic carbocycles. The van der Waals surface area contributed by atoms with Crippen molar-refractivity contribution in [2.24, 2.45) is 0 Å². The van der Waals surface area contributed by atoms with Crippen molar-refractivity contribution >= 4 is 22.4 Å². The lowest BCUT2D eigenvalue weighted by Gasteiger charge is -2.19. The van der Waals surface area contributed by atoms with Crippen molar-refractivity contribution < 1.29 is 14.6 Å². The number of aliphatic carboxylic acids is 1. The van der Waals surface area contributed by atoms with E-state index in [1.54, 1.807) is 5.38 Å². The van der Waals surface area contributed by atoms with E-state index in [1.807, 2.05) is 12.1 Å². The molecule has 0 aliphatic rings. The zero-order valence-electron chi connectivity index (χ0n) is 13.6. The van der Waals surface area contributed by atoms with Gasteiger partial charge in [0, 0.05) is 17.8 Å². The summed E-state index contributed by atoms with van der Waals surface area (Å²) in [7, 11) is 0. The Hall–Kier alpha value is -2.08. The number of carboxylic acid groups (broad SMARTS) is 1. The van der Waals surface area contributed by atoms with Gasteiger partial charge in [-0.25, -0.2) is 4.98 Å². The lowest BCUT2D eigenvalue weighted by molar-refractivity contribution is -0.304. The largest absolute Gasteiger partial charge is 0.550 e. The van der Waals surface area contributed by atoms with Crippen LogP contribution in [0.1, 0.15) is 32.0 Å². The third-order valence-electron chi connectivity index (χ3n) is 3.24. The van der Waals surface area contributed by atoms with E-state index < -0.39 is 5.97 Å². The van der Waals surface area contributed by atoms with Crippen molar-refractivity contribution in [2.45, 2.75) is 32.6 Å². The standard InChI is InChI=1S/C17H22N2O3S/c1-17(2,3)12-4-6-14(7-5-12)22-9-8-18-16-19-13(11-23-16)10-15(20)21/h4-7,11H,8-10H2,1-3H3,(H,18,19)(H,20,21)/p-1. The van der Waals surface area contributed by atoms with Gasteiger partial charge in [0.15, 0.2) is 5.13 Å². The molecule has 0 aliphatic carbocycles. The van der Waals surface area contributed by atoms with Crippen LogP contribution in [0.3, 0.4) is 0 Å². The topological polar surface area (TPSA) is 74.3 Å². The van der Waals surface area contributed by atoms with Crippen LogP contribution in [0, 0.1) is 0 Å². The highest BCUT2D eigenvalue weighted by Crippen LogP contribution is 2.24. The summed E-state index contributed by atoms with van der Waals surface area (Å²) in [5.41, 5.74) is 1.91. The molecular formula is C17H21N2O3S-. The fraction of sp³-hybridized carbons (Fsp3) is 0.412. The predicted molar refractivity (Wildman–Crippen MR) is 90.0 cm³/mol. The zero-order chi connectivity index (χ0) is 16.9. The highest BCUT2D eigenvalue weighted by Gasteiger charge is 2.12. The van der Waals surface area contributed by atoms with Gasteiger partial charge in [0.05, 0.1) is 12.2 Å². The Balaban J connectivity index is 1.75. The molecule has 0 aliphatic heterocycles. The number of hydrogen-bond acceptors (Lipinski definition) is 6. The van der Waals surface area contributed by atoms with E-state index in [0.29, 0.717) is 24.0 Å². The van der Waals surface area contributed by atoms with E-state index in [2.05, 4.69) is 43.2 Å². The molecule has 5 nitrogen and oxygen atoms in total. The minimum atomic E-state index is -1.12. The number of nitrogens with zero attached hydrogens (tertiary/aromatic N) is 1. The zero-order valence-corrected chi connectivity index (χ0v) is 14.4. The number of benzene rings is 1. The molecule has 0 unspecified atom stereocenters. The molecule has 23 heavy (non-hydrogen) atoms. The number of thiazole rings is 1. The molecule has 0 fully saturated rings. The van der Waals surface area contributed by atoms with Crippen molar-refractivity contribution in [3.8, 4) is 5.75 Å². The number of nitrogens with one attached hydrogen (secondary N) is 1. The quantitative estimate of drug-likeness (QED) is 0.787. The second kappa shape index (κ2) is 7.46. The van der Waals surface area contributed by atoms with Gasteiger partial charge in [0.2, 0.25) is 0 Å². The first-order chi connectivity index (χ1) is 10.8. The Labute approximate surface area is 140 Å². The number of rotatable bonds is 7. The SMILES string of the molecule is CC(C)(C)c1ccc(OCCNc2nc(CC(=O)[O-])cs2)cc1. The third kappa shape index (κ3) is 5.56. The van der Waals surface area contributed by atoms with E-state index in [-0.39, 0.29) is 11.8 Å². The minimum Gasteiger partial charge on any atom is -0.550 e. The second-order valence-electron chi connectivity index (χ2n) is 6.24.